The van der Waals surface area contributed by atoms with Gasteiger partial charge in [0, 0.05) is 0 Å². The van der Waals surface area contributed by atoms with Crippen molar-refractivity contribution in [3.63, 3.8) is 0 Å². The summed E-state index contributed by atoms with van der Waals surface area (Å²) in [5.41, 5.74) is 2.50. The predicted octanol–water partition coefficient (Wildman–Crippen LogP) is 4.08. The molecular formula is C15H22O. The zero-order valence-electron chi connectivity index (χ0n) is 10.2. The number of hydrogen-bond donors (Lipinski definition) is 1. The number of aryl methyl sites for hydroxylation is 1. The van der Waals surface area contributed by atoms with Gasteiger partial charge in [0.2, 0.25) is 0 Å². The van der Waals surface area contributed by atoms with Gasteiger partial charge >= 0.3 is 0 Å². The third kappa shape index (κ3) is 2.78. The van der Waals surface area contributed by atoms with Crippen molar-refractivity contribution in [2.24, 2.45) is 5.92 Å². The molecule has 1 N–H and O–H groups in total. The van der Waals surface area contributed by atoms with Crippen molar-refractivity contribution in [3.8, 4) is 5.75 Å². The molecule has 0 heterocycles. The summed E-state index contributed by atoms with van der Waals surface area (Å²) in [6.07, 6.45) is 8.96. The van der Waals surface area contributed by atoms with Gasteiger partial charge in [-0.15, -0.1) is 0 Å². The van der Waals surface area contributed by atoms with Crippen LogP contribution in [0.2, 0.25) is 0 Å². The summed E-state index contributed by atoms with van der Waals surface area (Å²) in [7, 11) is 0. The fourth-order valence-corrected chi connectivity index (χ4v) is 2.72. The van der Waals surface area contributed by atoms with Gasteiger partial charge in [-0.05, 0) is 36.0 Å². The first-order valence-corrected chi connectivity index (χ1v) is 6.60. The molecule has 0 bridgehead atoms. The summed E-state index contributed by atoms with van der Waals surface area (Å²) < 4.78 is 0. The second-order valence-corrected chi connectivity index (χ2v) is 5.02. The maximum Gasteiger partial charge on any atom is 0.118 e. The highest BCUT2D eigenvalue weighted by atomic mass is 16.3. The van der Waals surface area contributed by atoms with Crippen molar-refractivity contribution in [2.45, 2.75) is 51.9 Å². The molecule has 88 valence electrons. The fourth-order valence-electron chi connectivity index (χ4n) is 2.72. The quantitative estimate of drug-likeness (QED) is 0.810. The minimum Gasteiger partial charge on any atom is -0.508 e. The lowest BCUT2D eigenvalue weighted by Crippen LogP contribution is -2.09. The largest absolute Gasteiger partial charge is 0.508 e. The normalized spacial score (nSPS) is 17.6. The van der Waals surface area contributed by atoms with Crippen LogP contribution in [0.3, 0.4) is 0 Å². The van der Waals surface area contributed by atoms with E-state index in [1.54, 1.807) is 0 Å². The van der Waals surface area contributed by atoms with E-state index in [1.807, 2.05) is 12.1 Å². The molecule has 0 spiro atoms. The first-order chi connectivity index (χ1) is 7.79. The first kappa shape index (κ1) is 11.5. The van der Waals surface area contributed by atoms with E-state index in [-0.39, 0.29) is 0 Å². The Labute approximate surface area is 98.5 Å². The summed E-state index contributed by atoms with van der Waals surface area (Å²) in [4.78, 5) is 0. The van der Waals surface area contributed by atoms with Gasteiger partial charge in [-0.25, -0.2) is 0 Å². The summed E-state index contributed by atoms with van der Waals surface area (Å²) in [6.45, 7) is 2.16. The van der Waals surface area contributed by atoms with Crippen molar-refractivity contribution >= 4 is 0 Å². The molecule has 0 saturated heterocycles. The minimum absolute atomic E-state index is 0.489. The molecule has 1 aromatic rings. The molecule has 2 rings (SSSR count). The topological polar surface area (TPSA) is 20.2 Å². The fraction of sp³-hybridized carbons (Fsp3) is 0.600. The molecule has 0 amide bonds. The van der Waals surface area contributed by atoms with Gasteiger partial charge in [0.25, 0.3) is 0 Å². The van der Waals surface area contributed by atoms with Crippen molar-refractivity contribution in [1.82, 2.24) is 0 Å². The van der Waals surface area contributed by atoms with Gasteiger partial charge in [0.15, 0.2) is 0 Å². The minimum atomic E-state index is 0.489. The van der Waals surface area contributed by atoms with Crippen LogP contribution in [0.1, 0.15) is 50.2 Å². The van der Waals surface area contributed by atoms with Crippen LogP contribution in [0.25, 0.3) is 0 Å². The molecule has 1 nitrogen and oxygen atoms in total. The van der Waals surface area contributed by atoms with Crippen LogP contribution in [0, 0.1) is 5.92 Å². The van der Waals surface area contributed by atoms with Crippen LogP contribution in [-0.4, -0.2) is 5.11 Å². The highest BCUT2D eigenvalue weighted by molar-refractivity contribution is 5.36. The van der Waals surface area contributed by atoms with Crippen molar-refractivity contribution < 1.29 is 5.11 Å². The number of hydrogen-bond acceptors (Lipinski definition) is 1. The molecule has 0 atom stereocenters. The van der Waals surface area contributed by atoms with Crippen LogP contribution in [-0.2, 0) is 12.8 Å². The number of aromatic hydroxyl groups is 1. The molecule has 1 fully saturated rings. The lowest BCUT2D eigenvalue weighted by molar-refractivity contribution is 0.351. The average Bonchev–Trinajstić information content (AvgIpc) is 2.33. The third-order valence-electron chi connectivity index (χ3n) is 3.79. The third-order valence-corrected chi connectivity index (χ3v) is 3.79. The number of benzene rings is 1. The molecule has 1 heteroatoms. The van der Waals surface area contributed by atoms with Crippen molar-refractivity contribution in [2.75, 3.05) is 0 Å². The van der Waals surface area contributed by atoms with E-state index in [4.69, 9.17) is 0 Å². The zero-order chi connectivity index (χ0) is 11.4. The van der Waals surface area contributed by atoms with E-state index in [0.29, 0.717) is 5.75 Å². The Bertz CT molecular complexity index is 337. The van der Waals surface area contributed by atoms with Gasteiger partial charge in [0.05, 0.1) is 0 Å². The van der Waals surface area contributed by atoms with E-state index in [1.165, 1.54) is 37.7 Å². The molecule has 1 aliphatic rings. The second kappa shape index (κ2) is 5.38. The van der Waals surface area contributed by atoms with E-state index >= 15 is 0 Å². The van der Waals surface area contributed by atoms with E-state index < -0.39 is 0 Å². The zero-order valence-corrected chi connectivity index (χ0v) is 10.2. The predicted molar refractivity (Wildman–Crippen MR) is 67.8 cm³/mol. The van der Waals surface area contributed by atoms with Gasteiger partial charge in [0.1, 0.15) is 5.75 Å². The SMILES string of the molecule is CCc1ccc(O)c(CC2CCCCC2)c1. The van der Waals surface area contributed by atoms with Crippen molar-refractivity contribution in [3.05, 3.63) is 29.3 Å². The van der Waals surface area contributed by atoms with Gasteiger partial charge in [-0.1, -0.05) is 51.2 Å². The molecule has 0 aliphatic heterocycles. The Morgan fingerprint density at radius 2 is 1.94 bits per heavy atom. The lowest BCUT2D eigenvalue weighted by atomic mass is 9.84. The standard InChI is InChI=1S/C15H22O/c1-2-12-8-9-15(16)14(10-12)11-13-6-4-3-5-7-13/h8-10,13,16H,2-7,11H2,1H3. The van der Waals surface area contributed by atoms with E-state index in [9.17, 15) is 5.11 Å². The Balaban J connectivity index is 2.06. The van der Waals surface area contributed by atoms with Crippen LogP contribution in [0.15, 0.2) is 18.2 Å². The van der Waals surface area contributed by atoms with Crippen LogP contribution >= 0.6 is 0 Å². The van der Waals surface area contributed by atoms with Gasteiger partial charge in [-0.2, -0.15) is 0 Å². The van der Waals surface area contributed by atoms with E-state index in [2.05, 4.69) is 13.0 Å². The molecule has 1 saturated carbocycles. The second-order valence-electron chi connectivity index (χ2n) is 5.02. The maximum absolute atomic E-state index is 9.86. The number of phenolic OH excluding ortho intramolecular Hbond substituents is 1. The van der Waals surface area contributed by atoms with E-state index in [0.717, 1.165) is 24.3 Å². The lowest BCUT2D eigenvalue weighted by Gasteiger charge is -2.22. The molecule has 1 aromatic carbocycles. The Morgan fingerprint density at radius 3 is 2.62 bits per heavy atom. The molecule has 1 aliphatic carbocycles. The summed E-state index contributed by atoms with van der Waals surface area (Å²) in [6, 6.07) is 6.07. The molecule has 16 heavy (non-hydrogen) atoms. The van der Waals surface area contributed by atoms with Gasteiger partial charge in [-0.3, -0.25) is 0 Å². The Hall–Kier alpha value is -0.980. The monoisotopic (exact) mass is 218 g/mol. The summed E-state index contributed by atoms with van der Waals surface area (Å²) in [5, 5.41) is 9.86. The molecular weight excluding hydrogens is 196 g/mol. The first-order valence-electron chi connectivity index (χ1n) is 6.60. The highest BCUT2D eigenvalue weighted by Crippen LogP contribution is 2.30. The summed E-state index contributed by atoms with van der Waals surface area (Å²) in [5.74, 6) is 1.29. The van der Waals surface area contributed by atoms with Crippen LogP contribution in [0.4, 0.5) is 0 Å². The van der Waals surface area contributed by atoms with Crippen molar-refractivity contribution in [1.29, 1.82) is 0 Å². The van der Waals surface area contributed by atoms with Gasteiger partial charge < -0.3 is 5.11 Å². The average molecular weight is 218 g/mol. The Morgan fingerprint density at radius 1 is 1.19 bits per heavy atom. The maximum atomic E-state index is 9.86. The molecule has 0 aromatic heterocycles. The smallest absolute Gasteiger partial charge is 0.118 e. The Kier molecular flexibility index (Phi) is 3.87. The highest BCUT2D eigenvalue weighted by Gasteiger charge is 2.15. The molecule has 0 unspecified atom stereocenters. The molecule has 0 radical (unpaired) electrons. The number of rotatable bonds is 3. The van der Waals surface area contributed by atoms with Crippen LogP contribution in [0.5, 0.6) is 5.75 Å². The number of phenols is 1. The summed E-state index contributed by atoms with van der Waals surface area (Å²) >= 11 is 0. The van der Waals surface area contributed by atoms with Crippen LogP contribution < -0.4 is 0 Å².